The molecule has 0 aliphatic carbocycles. The molecule has 33 heavy (non-hydrogen) atoms. The minimum atomic E-state index is -0.697. The van der Waals surface area contributed by atoms with Crippen LogP contribution in [0.5, 0.6) is 11.5 Å². The predicted molar refractivity (Wildman–Crippen MR) is 127 cm³/mol. The fourth-order valence-corrected chi connectivity index (χ4v) is 4.23. The van der Waals surface area contributed by atoms with Crippen LogP contribution in [0.2, 0.25) is 0 Å². The number of aliphatic hydroxyl groups excluding tert-OH is 1. The molecular weight excluding hydrogens is 420 g/mol. The van der Waals surface area contributed by atoms with Gasteiger partial charge in [-0.25, -0.2) is 0 Å². The van der Waals surface area contributed by atoms with Gasteiger partial charge in [-0.1, -0.05) is 38.1 Å². The molecule has 176 valence electrons. The van der Waals surface area contributed by atoms with Crippen LogP contribution < -0.4 is 9.47 Å². The Morgan fingerprint density at radius 3 is 2.27 bits per heavy atom. The number of hydrogen-bond donors (Lipinski definition) is 1. The van der Waals surface area contributed by atoms with Crippen molar-refractivity contribution in [3.05, 3.63) is 65.2 Å². The van der Waals surface area contributed by atoms with Gasteiger partial charge < -0.3 is 24.4 Å². The van der Waals surface area contributed by atoms with Crippen LogP contribution in [0.4, 0.5) is 0 Å². The Morgan fingerprint density at radius 2 is 1.67 bits per heavy atom. The maximum absolute atomic E-state index is 13.2. The highest BCUT2D eigenvalue weighted by Crippen LogP contribution is 2.41. The number of methoxy groups -OCH3 is 2. The second-order valence-corrected chi connectivity index (χ2v) is 7.85. The van der Waals surface area contributed by atoms with Crippen molar-refractivity contribution in [3.8, 4) is 11.5 Å². The summed E-state index contributed by atoms with van der Waals surface area (Å²) in [5, 5.41) is 11.2. The molecule has 1 amide bonds. The van der Waals surface area contributed by atoms with Crippen LogP contribution in [0, 0.1) is 0 Å². The quantitative estimate of drug-likeness (QED) is 0.335. The van der Waals surface area contributed by atoms with E-state index in [9.17, 15) is 14.7 Å². The smallest absolute Gasteiger partial charge is 0.295 e. The normalized spacial score (nSPS) is 17.6. The van der Waals surface area contributed by atoms with Crippen LogP contribution in [-0.4, -0.2) is 67.0 Å². The summed E-state index contributed by atoms with van der Waals surface area (Å²) in [7, 11) is 3.08. The molecule has 1 saturated heterocycles. The van der Waals surface area contributed by atoms with E-state index in [0.717, 1.165) is 31.6 Å². The van der Waals surface area contributed by atoms with Gasteiger partial charge in [-0.05, 0) is 55.9 Å². The molecule has 2 aromatic carbocycles. The Kier molecular flexibility index (Phi) is 8.11. The summed E-state index contributed by atoms with van der Waals surface area (Å²) in [6.45, 7) is 7.26. The topological polar surface area (TPSA) is 79.3 Å². The summed E-state index contributed by atoms with van der Waals surface area (Å²) in [5.41, 5.74) is 1.17. The Balaban J connectivity index is 2.06. The minimum absolute atomic E-state index is 0.0671. The van der Waals surface area contributed by atoms with Gasteiger partial charge in [0.2, 0.25) is 0 Å². The van der Waals surface area contributed by atoms with Crippen LogP contribution in [0.3, 0.4) is 0 Å². The molecule has 1 unspecified atom stereocenters. The molecule has 0 bridgehead atoms. The first-order valence-electron chi connectivity index (χ1n) is 11.2. The molecule has 1 heterocycles. The van der Waals surface area contributed by atoms with Crippen LogP contribution in [0.15, 0.2) is 54.1 Å². The highest BCUT2D eigenvalue weighted by atomic mass is 16.5. The summed E-state index contributed by atoms with van der Waals surface area (Å²) < 4.78 is 10.6. The molecule has 1 aliphatic heterocycles. The van der Waals surface area contributed by atoms with Crippen molar-refractivity contribution < 1.29 is 24.2 Å². The average Bonchev–Trinajstić information content (AvgIpc) is 3.11. The molecule has 1 N–H and O–H groups in total. The first kappa shape index (κ1) is 24.3. The maximum Gasteiger partial charge on any atom is 0.295 e. The number of rotatable bonds is 10. The maximum atomic E-state index is 13.2. The van der Waals surface area contributed by atoms with E-state index >= 15 is 0 Å². The van der Waals surface area contributed by atoms with E-state index in [-0.39, 0.29) is 11.3 Å². The number of Topliss-reactive ketones (excluding diaryl/α,β-unsaturated/α-hetero) is 1. The predicted octanol–water partition coefficient (Wildman–Crippen LogP) is 3.86. The number of hydrogen-bond acceptors (Lipinski definition) is 6. The number of ketones is 1. The van der Waals surface area contributed by atoms with Gasteiger partial charge in [0.1, 0.15) is 17.3 Å². The number of carbonyl (C=O) groups excluding carboxylic acids is 2. The number of aliphatic hydroxyl groups is 1. The zero-order valence-electron chi connectivity index (χ0n) is 19.7. The van der Waals surface area contributed by atoms with Crippen molar-refractivity contribution in [1.29, 1.82) is 0 Å². The molecule has 7 nitrogen and oxygen atoms in total. The van der Waals surface area contributed by atoms with Gasteiger partial charge in [-0.15, -0.1) is 0 Å². The number of nitrogens with zero attached hydrogens (tertiary/aromatic N) is 2. The molecule has 0 aromatic heterocycles. The van der Waals surface area contributed by atoms with Crippen LogP contribution in [-0.2, 0) is 9.59 Å². The lowest BCUT2D eigenvalue weighted by Crippen LogP contribution is -2.33. The van der Waals surface area contributed by atoms with Gasteiger partial charge in [0.15, 0.2) is 0 Å². The first-order valence-corrected chi connectivity index (χ1v) is 11.2. The van der Waals surface area contributed by atoms with E-state index < -0.39 is 17.7 Å². The van der Waals surface area contributed by atoms with Crippen molar-refractivity contribution in [2.45, 2.75) is 26.3 Å². The number of ether oxygens (including phenoxy) is 2. The lowest BCUT2D eigenvalue weighted by Gasteiger charge is -2.27. The number of benzene rings is 2. The van der Waals surface area contributed by atoms with Gasteiger partial charge in [0.25, 0.3) is 11.7 Å². The third-order valence-electron chi connectivity index (χ3n) is 6.10. The SMILES string of the molecule is CCN(CC)CCCN1C(=O)C(=O)/C(=C(/O)c2ccccc2OC)C1c1ccc(OC)cc1. The molecular formula is C26H32N2O5. The van der Waals surface area contributed by atoms with Gasteiger partial charge in [0.05, 0.1) is 31.4 Å². The third kappa shape index (κ3) is 5.03. The third-order valence-corrected chi connectivity index (χ3v) is 6.10. The van der Waals surface area contributed by atoms with Crippen molar-refractivity contribution >= 4 is 17.4 Å². The van der Waals surface area contributed by atoms with Gasteiger partial charge in [0, 0.05) is 6.54 Å². The number of likely N-dealkylation sites (tertiary alicyclic amines) is 1. The van der Waals surface area contributed by atoms with Gasteiger partial charge in [-0.3, -0.25) is 9.59 Å². The fraction of sp³-hybridized carbons (Fsp3) is 0.385. The van der Waals surface area contributed by atoms with E-state index in [1.54, 1.807) is 48.4 Å². The summed E-state index contributed by atoms with van der Waals surface area (Å²) >= 11 is 0. The van der Waals surface area contributed by atoms with Crippen molar-refractivity contribution in [3.63, 3.8) is 0 Å². The lowest BCUT2D eigenvalue weighted by molar-refractivity contribution is -0.140. The van der Waals surface area contributed by atoms with Crippen molar-refractivity contribution in [2.24, 2.45) is 0 Å². The van der Waals surface area contributed by atoms with Gasteiger partial charge in [-0.2, -0.15) is 0 Å². The Morgan fingerprint density at radius 1 is 1.00 bits per heavy atom. The van der Waals surface area contributed by atoms with Gasteiger partial charge >= 0.3 is 0 Å². The van der Waals surface area contributed by atoms with E-state index in [4.69, 9.17) is 9.47 Å². The largest absolute Gasteiger partial charge is 0.507 e. The highest BCUT2D eigenvalue weighted by Gasteiger charge is 2.46. The zero-order valence-corrected chi connectivity index (χ0v) is 19.7. The van der Waals surface area contributed by atoms with Crippen LogP contribution >= 0.6 is 0 Å². The Labute approximate surface area is 195 Å². The Hall–Kier alpha value is -3.32. The number of carbonyl (C=O) groups is 2. The van der Waals surface area contributed by atoms with E-state index in [2.05, 4.69) is 18.7 Å². The molecule has 1 atom stereocenters. The van der Waals surface area contributed by atoms with Crippen LogP contribution in [0.25, 0.3) is 5.76 Å². The zero-order chi connectivity index (χ0) is 24.0. The molecule has 0 radical (unpaired) electrons. The summed E-state index contributed by atoms with van der Waals surface area (Å²) in [5.74, 6) is -0.440. The number of para-hydroxylation sites is 1. The average molecular weight is 453 g/mol. The standard InChI is InChI=1S/C26H32N2O5/c1-5-27(6-2)16-9-17-28-23(18-12-14-19(32-3)15-13-18)22(25(30)26(28)31)24(29)20-10-7-8-11-21(20)33-4/h7-8,10-15,23,29H,5-6,9,16-17H2,1-4H3/b24-22+. The number of amides is 1. The monoisotopic (exact) mass is 452 g/mol. The molecule has 2 aromatic rings. The summed E-state index contributed by atoms with van der Waals surface area (Å²) in [6.07, 6.45) is 0.718. The van der Waals surface area contributed by atoms with E-state index in [0.29, 0.717) is 23.6 Å². The summed E-state index contributed by atoms with van der Waals surface area (Å²) in [4.78, 5) is 30.1. The fourth-order valence-electron chi connectivity index (χ4n) is 4.23. The summed E-state index contributed by atoms with van der Waals surface area (Å²) in [6, 6.07) is 13.4. The second kappa shape index (κ2) is 11.0. The van der Waals surface area contributed by atoms with Crippen molar-refractivity contribution in [1.82, 2.24) is 9.80 Å². The van der Waals surface area contributed by atoms with Crippen molar-refractivity contribution in [2.75, 3.05) is 40.4 Å². The van der Waals surface area contributed by atoms with E-state index in [1.807, 2.05) is 12.1 Å². The highest BCUT2D eigenvalue weighted by molar-refractivity contribution is 6.46. The minimum Gasteiger partial charge on any atom is -0.507 e. The molecule has 3 rings (SSSR count). The van der Waals surface area contributed by atoms with Crippen LogP contribution in [0.1, 0.15) is 37.4 Å². The molecule has 0 spiro atoms. The molecule has 7 heteroatoms. The first-order chi connectivity index (χ1) is 16.0. The molecule has 0 saturated carbocycles. The molecule has 1 fully saturated rings. The Bertz CT molecular complexity index is 1010. The molecule has 1 aliphatic rings. The van der Waals surface area contributed by atoms with E-state index in [1.165, 1.54) is 7.11 Å². The lowest BCUT2D eigenvalue weighted by atomic mass is 9.95. The second-order valence-electron chi connectivity index (χ2n) is 7.85.